The fraction of sp³-hybridized carbons (Fsp3) is 0.842. The number of carboxylic acids is 1. The fourth-order valence-electron chi connectivity index (χ4n) is 5.29. The van der Waals surface area contributed by atoms with Crippen LogP contribution in [-0.2, 0) is 57.2 Å². The first kappa shape index (κ1) is 49.9. The Balaban J connectivity index is 3.75. The number of amides is 2. The average Bonchev–Trinajstić information content (AvgIpc) is 3.14. The molecule has 0 heterocycles. The number of unbranched alkanes of at least 4 members (excludes halogenated alkanes) is 13. The van der Waals surface area contributed by atoms with Crippen molar-refractivity contribution in [2.24, 2.45) is 0 Å². The summed E-state index contributed by atoms with van der Waals surface area (Å²) in [5, 5.41) is 13.9. The lowest BCUT2D eigenvalue weighted by Gasteiger charge is -2.16. The third-order valence-corrected chi connectivity index (χ3v) is 8.29. The highest BCUT2D eigenvalue weighted by Gasteiger charge is 2.22. The molecule has 2 amide bonds. The molecule has 0 radical (unpaired) electrons. The predicted octanol–water partition coefficient (Wildman–Crippen LogP) is 4.46. The van der Waals surface area contributed by atoms with Crippen molar-refractivity contribution < 1.29 is 62.3 Å². The zero-order valence-electron chi connectivity index (χ0n) is 32.4. The zero-order valence-corrected chi connectivity index (χ0v) is 32.4. The van der Waals surface area contributed by atoms with Gasteiger partial charge in [-0.2, -0.15) is 0 Å². The molecular formula is C38H68N2O13. The van der Waals surface area contributed by atoms with Gasteiger partial charge >= 0.3 is 17.9 Å². The number of ether oxygens (including phenoxy) is 6. The van der Waals surface area contributed by atoms with Crippen LogP contribution < -0.4 is 10.6 Å². The van der Waals surface area contributed by atoms with E-state index in [2.05, 4.69) is 15.4 Å². The molecule has 0 aliphatic carbocycles. The van der Waals surface area contributed by atoms with Crippen LogP contribution in [0.3, 0.4) is 0 Å². The molecule has 0 aliphatic heterocycles. The summed E-state index contributed by atoms with van der Waals surface area (Å²) in [5.74, 6) is -2.32. The van der Waals surface area contributed by atoms with Crippen LogP contribution in [-0.4, -0.2) is 120 Å². The lowest BCUT2D eigenvalue weighted by Crippen LogP contribution is -2.42. The maximum absolute atomic E-state index is 12.5. The lowest BCUT2D eigenvalue weighted by atomic mass is 10.0. The molecule has 15 nitrogen and oxygen atoms in total. The van der Waals surface area contributed by atoms with Gasteiger partial charge in [0.2, 0.25) is 11.8 Å². The molecule has 3 N–H and O–H groups in total. The molecule has 308 valence electrons. The van der Waals surface area contributed by atoms with Gasteiger partial charge in [0.1, 0.15) is 19.3 Å². The molecule has 0 bridgehead atoms. The molecule has 0 rings (SSSR count). The number of hydrogen-bond acceptors (Lipinski definition) is 12. The number of rotatable bonds is 39. The number of nitrogens with one attached hydrogen (secondary N) is 2. The summed E-state index contributed by atoms with van der Waals surface area (Å²) in [7, 11) is 2.68. The van der Waals surface area contributed by atoms with Gasteiger partial charge in [-0.05, 0) is 25.7 Å². The van der Waals surface area contributed by atoms with Crippen molar-refractivity contribution in [1.29, 1.82) is 0 Å². The summed E-state index contributed by atoms with van der Waals surface area (Å²) in [4.78, 5) is 70.2. The van der Waals surface area contributed by atoms with Gasteiger partial charge in [-0.1, -0.05) is 77.0 Å². The van der Waals surface area contributed by atoms with Gasteiger partial charge in [0.05, 0.1) is 47.3 Å². The molecular weight excluding hydrogens is 692 g/mol. The van der Waals surface area contributed by atoms with E-state index in [1.165, 1.54) is 65.6 Å². The number of hydrogen-bond donors (Lipinski definition) is 3. The Morgan fingerprint density at radius 3 is 1.57 bits per heavy atom. The van der Waals surface area contributed by atoms with E-state index < -0.39 is 18.0 Å². The molecule has 0 fully saturated rings. The molecule has 0 aromatic carbocycles. The van der Waals surface area contributed by atoms with Crippen molar-refractivity contribution in [3.8, 4) is 0 Å². The number of carboxylic acid groups (broad SMARTS) is 1. The Labute approximate surface area is 316 Å². The highest BCUT2D eigenvalue weighted by Crippen LogP contribution is 2.14. The summed E-state index contributed by atoms with van der Waals surface area (Å²) in [5.41, 5.74) is 0. The molecule has 0 aliphatic rings. The number of Topliss-reactive ketones (excluding diaryl/α,β-unsaturated/α-hetero) is 1. The molecule has 1 atom stereocenters. The van der Waals surface area contributed by atoms with E-state index in [0.29, 0.717) is 32.3 Å². The molecule has 0 saturated carbocycles. The predicted molar refractivity (Wildman–Crippen MR) is 197 cm³/mol. The van der Waals surface area contributed by atoms with Crippen LogP contribution >= 0.6 is 0 Å². The number of methoxy groups -OCH3 is 2. The van der Waals surface area contributed by atoms with E-state index in [1.54, 1.807) is 0 Å². The van der Waals surface area contributed by atoms with E-state index in [1.807, 2.05) is 0 Å². The monoisotopic (exact) mass is 760 g/mol. The smallest absolute Gasteiger partial charge is 0.329 e. The van der Waals surface area contributed by atoms with Crippen LogP contribution in [0, 0.1) is 0 Å². The van der Waals surface area contributed by atoms with E-state index in [-0.39, 0.29) is 89.2 Å². The number of esters is 2. The molecule has 0 saturated heterocycles. The second kappa shape index (κ2) is 37.2. The van der Waals surface area contributed by atoms with Crippen LogP contribution in [0.2, 0.25) is 0 Å². The first-order valence-electron chi connectivity index (χ1n) is 19.4. The second-order valence-corrected chi connectivity index (χ2v) is 12.9. The SMILES string of the molecule is COC(=O)CCCCCCCCCCCCCCCCC(=O)N[C@@H](CCC(=O)NCCOCCOCC(=O)CCCOCCOCC(=O)O)C(=O)OC. The van der Waals surface area contributed by atoms with Gasteiger partial charge in [0.25, 0.3) is 0 Å². The van der Waals surface area contributed by atoms with Gasteiger partial charge in [-0.3, -0.25) is 19.2 Å². The van der Waals surface area contributed by atoms with Crippen LogP contribution in [0.1, 0.15) is 128 Å². The number of aliphatic carboxylic acids is 1. The fourth-order valence-corrected chi connectivity index (χ4v) is 5.29. The first-order valence-corrected chi connectivity index (χ1v) is 19.4. The number of carbonyl (C=O) groups excluding carboxylic acids is 5. The molecule has 0 unspecified atom stereocenters. The van der Waals surface area contributed by atoms with Crippen molar-refractivity contribution in [1.82, 2.24) is 10.6 Å². The Morgan fingerprint density at radius 2 is 1.02 bits per heavy atom. The van der Waals surface area contributed by atoms with Gasteiger partial charge in [0.15, 0.2) is 5.78 Å². The van der Waals surface area contributed by atoms with Crippen molar-refractivity contribution in [3.05, 3.63) is 0 Å². The molecule has 53 heavy (non-hydrogen) atoms. The summed E-state index contributed by atoms with van der Waals surface area (Å²) in [6, 6.07) is -0.890. The zero-order chi connectivity index (χ0) is 39.2. The van der Waals surface area contributed by atoms with Crippen molar-refractivity contribution >= 4 is 35.5 Å². The highest BCUT2D eigenvalue weighted by atomic mass is 16.5. The Hall–Kier alpha value is -3.14. The lowest BCUT2D eigenvalue weighted by molar-refractivity contribution is -0.145. The van der Waals surface area contributed by atoms with E-state index in [4.69, 9.17) is 28.8 Å². The molecule has 0 spiro atoms. The Bertz CT molecular complexity index is 980. The number of carbonyl (C=O) groups is 6. The summed E-state index contributed by atoms with van der Waals surface area (Å²) in [6.45, 7) is 1.38. The minimum absolute atomic E-state index is 0.0350. The first-order chi connectivity index (χ1) is 25.7. The minimum Gasteiger partial charge on any atom is -0.480 e. The summed E-state index contributed by atoms with van der Waals surface area (Å²) in [6.07, 6.45) is 17.6. The minimum atomic E-state index is -1.04. The van der Waals surface area contributed by atoms with Crippen LogP contribution in [0.5, 0.6) is 0 Å². The second-order valence-electron chi connectivity index (χ2n) is 12.9. The van der Waals surface area contributed by atoms with Gasteiger partial charge in [-0.25, -0.2) is 9.59 Å². The molecule has 15 heteroatoms. The maximum Gasteiger partial charge on any atom is 0.329 e. The van der Waals surface area contributed by atoms with Gasteiger partial charge in [0, 0.05) is 38.8 Å². The largest absolute Gasteiger partial charge is 0.480 e. The van der Waals surface area contributed by atoms with Crippen molar-refractivity contribution in [2.75, 3.05) is 73.6 Å². The standard InChI is InChI=1S/C38H68N2O13/c1-48-37(46)20-16-14-12-10-8-6-4-3-5-7-9-11-13-15-19-35(43)40-33(38(47)49-2)21-22-34(42)39-23-25-51-27-28-52-30-32(41)18-17-24-50-26-29-53-31-36(44)45/h33H,3-31H2,1-2H3,(H,39,42)(H,40,43)(H,44,45)/t33-/m0/s1. The topological polar surface area (TPSA) is 202 Å². The maximum atomic E-state index is 12.5. The van der Waals surface area contributed by atoms with Crippen LogP contribution in [0.4, 0.5) is 0 Å². The van der Waals surface area contributed by atoms with Crippen molar-refractivity contribution in [2.45, 2.75) is 134 Å². The normalized spacial score (nSPS) is 11.5. The van der Waals surface area contributed by atoms with E-state index in [9.17, 15) is 28.8 Å². The molecule has 0 aromatic heterocycles. The molecule has 0 aromatic rings. The van der Waals surface area contributed by atoms with Gasteiger partial charge < -0.3 is 44.2 Å². The Morgan fingerprint density at radius 1 is 0.509 bits per heavy atom. The van der Waals surface area contributed by atoms with Crippen molar-refractivity contribution in [3.63, 3.8) is 0 Å². The van der Waals surface area contributed by atoms with Gasteiger partial charge in [-0.15, -0.1) is 0 Å². The summed E-state index contributed by atoms with van der Waals surface area (Å²) < 4.78 is 30.3. The van der Waals surface area contributed by atoms with E-state index >= 15 is 0 Å². The quantitative estimate of drug-likeness (QED) is 0.0586. The van der Waals surface area contributed by atoms with Crippen LogP contribution in [0.15, 0.2) is 0 Å². The summed E-state index contributed by atoms with van der Waals surface area (Å²) >= 11 is 0. The highest BCUT2D eigenvalue weighted by molar-refractivity contribution is 5.85. The average molecular weight is 761 g/mol. The Kier molecular flexibility index (Phi) is 35.0. The number of ketones is 1. The third-order valence-electron chi connectivity index (χ3n) is 8.29. The van der Waals surface area contributed by atoms with Crippen LogP contribution in [0.25, 0.3) is 0 Å². The third kappa shape index (κ3) is 35.6. The van der Waals surface area contributed by atoms with E-state index in [0.717, 1.165) is 38.5 Å².